The number of nitrogens with zero attached hydrogens (tertiary/aromatic N) is 2. The van der Waals surface area contributed by atoms with E-state index in [2.05, 4.69) is 0 Å². The van der Waals surface area contributed by atoms with Crippen molar-refractivity contribution in [3.05, 3.63) is 35.9 Å². The third-order valence-electron chi connectivity index (χ3n) is 4.49. The van der Waals surface area contributed by atoms with E-state index >= 15 is 0 Å². The number of carbonyl (C=O) groups is 2. The van der Waals surface area contributed by atoms with E-state index in [-0.39, 0.29) is 32.7 Å². The molecule has 3 rings (SSSR count). The quantitative estimate of drug-likeness (QED) is 0.734. The molecule has 2 heterocycles. The Morgan fingerprint density at radius 1 is 1.18 bits per heavy atom. The molecule has 2 fully saturated rings. The molecule has 0 saturated carbocycles. The van der Waals surface area contributed by atoms with Gasteiger partial charge in [-0.15, -0.1) is 0 Å². The summed E-state index contributed by atoms with van der Waals surface area (Å²) in [4.78, 5) is 26.3. The van der Waals surface area contributed by atoms with Crippen LogP contribution in [0.2, 0.25) is 0 Å². The maximum absolute atomic E-state index is 12.5. The molecule has 2 amide bonds. The molecule has 0 aromatic heterocycles. The molecule has 9 nitrogen and oxygen atoms in total. The van der Waals surface area contributed by atoms with E-state index in [1.54, 1.807) is 20.8 Å². The molecule has 1 atom stereocenters. The normalized spacial score (nSPS) is 23.8. The number of ether oxygens (including phenoxy) is 2. The molecule has 1 aromatic carbocycles. The molecule has 28 heavy (non-hydrogen) atoms. The molecular weight excluding hydrogens is 388 g/mol. The summed E-state index contributed by atoms with van der Waals surface area (Å²) in [5.74, 6) is 0. The van der Waals surface area contributed by atoms with Crippen LogP contribution in [0, 0.1) is 0 Å². The molecule has 2 aliphatic rings. The van der Waals surface area contributed by atoms with Crippen molar-refractivity contribution in [2.24, 2.45) is 0 Å². The molecule has 0 aliphatic carbocycles. The van der Waals surface area contributed by atoms with Gasteiger partial charge < -0.3 is 14.4 Å². The van der Waals surface area contributed by atoms with Crippen LogP contribution in [0.1, 0.15) is 32.8 Å². The number of likely N-dealkylation sites (tertiary alicyclic amines) is 1. The SMILES string of the molecule is CC(C)(C)OC(=O)N1[C@@]2(CCN(C(=O)OCc3ccccc3)C2)COS1(=O)=O. The molecule has 0 bridgehead atoms. The summed E-state index contributed by atoms with van der Waals surface area (Å²) >= 11 is 0. The first-order chi connectivity index (χ1) is 13.0. The van der Waals surface area contributed by atoms with Crippen LogP contribution in [0.15, 0.2) is 30.3 Å². The number of carbonyl (C=O) groups excluding carboxylic acids is 2. The van der Waals surface area contributed by atoms with Crippen molar-refractivity contribution in [2.75, 3.05) is 19.7 Å². The lowest BCUT2D eigenvalue weighted by Gasteiger charge is -2.32. The Labute approximate surface area is 164 Å². The van der Waals surface area contributed by atoms with E-state index in [0.29, 0.717) is 4.31 Å². The molecular formula is C18H24N2O7S. The number of rotatable bonds is 2. The molecule has 0 N–H and O–H groups in total. The van der Waals surface area contributed by atoms with Crippen molar-refractivity contribution in [2.45, 2.75) is 44.9 Å². The van der Waals surface area contributed by atoms with Crippen LogP contribution < -0.4 is 0 Å². The lowest BCUT2D eigenvalue weighted by Crippen LogP contribution is -2.53. The van der Waals surface area contributed by atoms with Gasteiger partial charge in [-0.05, 0) is 32.8 Å². The van der Waals surface area contributed by atoms with Gasteiger partial charge in [0.05, 0.1) is 13.2 Å². The summed E-state index contributed by atoms with van der Waals surface area (Å²) in [5, 5.41) is 0. The molecule has 2 saturated heterocycles. The minimum atomic E-state index is -4.27. The highest BCUT2D eigenvalue weighted by atomic mass is 32.2. The lowest BCUT2D eigenvalue weighted by molar-refractivity contribution is 0.0253. The summed E-state index contributed by atoms with van der Waals surface area (Å²) in [7, 11) is -4.27. The average molecular weight is 412 g/mol. The second kappa shape index (κ2) is 7.25. The van der Waals surface area contributed by atoms with Crippen LogP contribution in [0.5, 0.6) is 0 Å². The fourth-order valence-corrected chi connectivity index (χ4v) is 4.60. The van der Waals surface area contributed by atoms with Crippen LogP contribution in [-0.2, 0) is 30.6 Å². The average Bonchev–Trinajstić information content (AvgIpc) is 3.13. The monoisotopic (exact) mass is 412 g/mol. The van der Waals surface area contributed by atoms with Gasteiger partial charge in [-0.25, -0.2) is 9.59 Å². The van der Waals surface area contributed by atoms with Crippen molar-refractivity contribution >= 4 is 22.5 Å². The van der Waals surface area contributed by atoms with Crippen LogP contribution in [0.3, 0.4) is 0 Å². The highest BCUT2D eigenvalue weighted by molar-refractivity contribution is 7.85. The highest BCUT2D eigenvalue weighted by Crippen LogP contribution is 2.38. The summed E-state index contributed by atoms with van der Waals surface area (Å²) < 4.78 is 40.7. The van der Waals surface area contributed by atoms with E-state index in [4.69, 9.17) is 13.7 Å². The largest absolute Gasteiger partial charge is 0.445 e. The summed E-state index contributed by atoms with van der Waals surface area (Å²) in [6, 6.07) is 9.21. The van der Waals surface area contributed by atoms with Gasteiger partial charge >= 0.3 is 22.5 Å². The van der Waals surface area contributed by atoms with Gasteiger partial charge in [0.15, 0.2) is 0 Å². The number of amides is 2. The predicted octanol–water partition coefficient (Wildman–Crippen LogP) is 2.28. The second-order valence-electron chi connectivity index (χ2n) is 7.90. The van der Waals surface area contributed by atoms with Gasteiger partial charge in [0, 0.05) is 6.54 Å². The minimum Gasteiger partial charge on any atom is -0.445 e. The molecule has 0 unspecified atom stereocenters. The number of hydrogen-bond acceptors (Lipinski definition) is 7. The van der Waals surface area contributed by atoms with E-state index < -0.39 is 33.6 Å². The Kier molecular flexibility index (Phi) is 5.28. The first-order valence-electron chi connectivity index (χ1n) is 8.91. The van der Waals surface area contributed by atoms with Crippen LogP contribution in [-0.4, -0.2) is 60.6 Å². The summed E-state index contributed by atoms with van der Waals surface area (Å²) in [6.45, 7) is 5.03. The number of hydrogen-bond donors (Lipinski definition) is 0. The van der Waals surface area contributed by atoms with Crippen molar-refractivity contribution in [3.8, 4) is 0 Å². The third-order valence-corrected chi connectivity index (χ3v) is 5.89. The van der Waals surface area contributed by atoms with Crippen LogP contribution in [0.25, 0.3) is 0 Å². The zero-order chi connectivity index (χ0) is 20.6. The lowest BCUT2D eigenvalue weighted by atomic mass is 10.0. The Hall–Kier alpha value is -2.33. The van der Waals surface area contributed by atoms with Crippen molar-refractivity contribution in [1.82, 2.24) is 9.21 Å². The standard InChI is InChI=1S/C18H24N2O7S/c1-17(2,3)27-16(22)20-18(13-26-28(20,23)24)9-10-19(12-18)15(21)25-11-14-7-5-4-6-8-14/h4-8H,9-13H2,1-3H3/t18-/m1/s1. The smallest absolute Gasteiger partial charge is 0.426 e. The zero-order valence-corrected chi connectivity index (χ0v) is 16.9. The van der Waals surface area contributed by atoms with E-state index in [1.807, 2.05) is 30.3 Å². The molecule has 1 spiro atoms. The molecule has 154 valence electrons. The molecule has 2 aliphatic heterocycles. The Morgan fingerprint density at radius 3 is 2.50 bits per heavy atom. The van der Waals surface area contributed by atoms with Crippen molar-refractivity contribution < 1.29 is 31.7 Å². The van der Waals surface area contributed by atoms with Gasteiger partial charge in [0.25, 0.3) is 0 Å². The second-order valence-corrected chi connectivity index (χ2v) is 9.36. The van der Waals surface area contributed by atoms with Gasteiger partial charge in [-0.1, -0.05) is 30.3 Å². The molecule has 10 heteroatoms. The number of benzene rings is 1. The van der Waals surface area contributed by atoms with Crippen molar-refractivity contribution in [3.63, 3.8) is 0 Å². The van der Waals surface area contributed by atoms with Gasteiger partial charge in [-0.2, -0.15) is 12.7 Å². The first kappa shape index (κ1) is 20.4. The molecule has 1 aromatic rings. The van der Waals surface area contributed by atoms with Crippen LogP contribution >= 0.6 is 0 Å². The zero-order valence-electron chi connectivity index (χ0n) is 16.1. The van der Waals surface area contributed by atoms with Gasteiger partial charge in [0.2, 0.25) is 0 Å². The minimum absolute atomic E-state index is 0.0148. The summed E-state index contributed by atoms with van der Waals surface area (Å²) in [6.07, 6.45) is -1.34. The Balaban J connectivity index is 1.70. The predicted molar refractivity (Wildman–Crippen MR) is 98.5 cm³/mol. The van der Waals surface area contributed by atoms with E-state index in [0.717, 1.165) is 5.56 Å². The Morgan fingerprint density at radius 2 is 1.86 bits per heavy atom. The van der Waals surface area contributed by atoms with E-state index in [9.17, 15) is 18.0 Å². The first-order valence-corrected chi connectivity index (χ1v) is 10.3. The Bertz CT molecular complexity index is 850. The fraction of sp³-hybridized carbons (Fsp3) is 0.556. The third kappa shape index (κ3) is 4.22. The highest BCUT2D eigenvalue weighted by Gasteiger charge is 2.59. The van der Waals surface area contributed by atoms with Crippen molar-refractivity contribution in [1.29, 1.82) is 0 Å². The maximum atomic E-state index is 12.5. The maximum Gasteiger partial charge on any atom is 0.426 e. The van der Waals surface area contributed by atoms with Gasteiger partial charge in [0.1, 0.15) is 17.7 Å². The molecule has 0 radical (unpaired) electrons. The summed E-state index contributed by atoms with van der Waals surface area (Å²) in [5.41, 5.74) is -1.22. The fourth-order valence-electron chi connectivity index (χ4n) is 3.23. The van der Waals surface area contributed by atoms with Crippen LogP contribution in [0.4, 0.5) is 9.59 Å². The van der Waals surface area contributed by atoms with Gasteiger partial charge in [-0.3, -0.25) is 4.18 Å². The van der Waals surface area contributed by atoms with E-state index in [1.165, 1.54) is 4.90 Å². The topological polar surface area (TPSA) is 102 Å².